The van der Waals surface area contributed by atoms with Crippen LogP contribution in [-0.4, -0.2) is 35.8 Å². The van der Waals surface area contributed by atoms with Crippen molar-refractivity contribution in [3.05, 3.63) is 48.6 Å². The molecule has 1 aromatic carbocycles. The first-order chi connectivity index (χ1) is 15.1. The van der Waals surface area contributed by atoms with Gasteiger partial charge in [0.2, 0.25) is 11.8 Å². The molecule has 1 N–H and O–H groups in total. The molecule has 0 unspecified atom stereocenters. The number of nitrogens with zero attached hydrogens (tertiary/aromatic N) is 1. The Morgan fingerprint density at radius 1 is 1.03 bits per heavy atom. The van der Waals surface area contributed by atoms with Gasteiger partial charge in [-0.1, -0.05) is 81.4 Å². The van der Waals surface area contributed by atoms with Gasteiger partial charge in [-0.25, -0.2) is 0 Å². The summed E-state index contributed by atoms with van der Waals surface area (Å²) < 4.78 is 0. The molecule has 172 valence electrons. The summed E-state index contributed by atoms with van der Waals surface area (Å²) in [6.45, 7) is 3.76. The average Bonchev–Trinajstić information content (AvgIpc) is 3.05. The molecule has 1 aromatic rings. The van der Waals surface area contributed by atoms with Crippen molar-refractivity contribution in [3.8, 4) is 0 Å². The minimum Gasteiger partial charge on any atom is -0.352 e. The SMILES string of the molecule is C=CCCCCCCCC(=O)N(C)[C@H](Cc1ccccc1)C(=O)NC1CCCCCC1. The van der Waals surface area contributed by atoms with Crippen molar-refractivity contribution in [1.82, 2.24) is 10.2 Å². The second-order valence-electron chi connectivity index (χ2n) is 9.00. The highest BCUT2D eigenvalue weighted by Crippen LogP contribution is 2.18. The first-order valence-electron chi connectivity index (χ1n) is 12.3. The van der Waals surface area contributed by atoms with Gasteiger partial charge in [-0.05, 0) is 37.7 Å². The van der Waals surface area contributed by atoms with Crippen LogP contribution in [-0.2, 0) is 16.0 Å². The first-order valence-corrected chi connectivity index (χ1v) is 12.3. The quantitative estimate of drug-likeness (QED) is 0.246. The number of allylic oxidation sites excluding steroid dienone is 1. The van der Waals surface area contributed by atoms with Crippen LogP contribution in [0.25, 0.3) is 0 Å². The van der Waals surface area contributed by atoms with Crippen LogP contribution < -0.4 is 5.32 Å². The fraction of sp³-hybridized carbons (Fsp3) is 0.630. The molecule has 0 radical (unpaired) electrons. The summed E-state index contributed by atoms with van der Waals surface area (Å²) in [6, 6.07) is 9.82. The van der Waals surface area contributed by atoms with Crippen LogP contribution in [0.3, 0.4) is 0 Å². The van der Waals surface area contributed by atoms with Gasteiger partial charge in [0.05, 0.1) is 0 Å². The normalized spacial score (nSPS) is 15.6. The van der Waals surface area contributed by atoms with Crippen LogP contribution >= 0.6 is 0 Å². The fourth-order valence-corrected chi connectivity index (χ4v) is 4.41. The zero-order valence-electron chi connectivity index (χ0n) is 19.5. The number of unbranched alkanes of at least 4 members (excludes halogenated alkanes) is 5. The molecule has 2 rings (SSSR count). The van der Waals surface area contributed by atoms with Crippen molar-refractivity contribution < 1.29 is 9.59 Å². The van der Waals surface area contributed by atoms with Crippen molar-refractivity contribution in [2.45, 2.75) is 102 Å². The van der Waals surface area contributed by atoms with E-state index in [9.17, 15) is 9.59 Å². The van der Waals surface area contributed by atoms with Gasteiger partial charge in [0, 0.05) is 25.9 Å². The number of benzene rings is 1. The molecule has 1 saturated carbocycles. The third kappa shape index (κ3) is 9.71. The Labute approximate surface area is 189 Å². The molecule has 0 spiro atoms. The molecule has 1 aliphatic rings. The van der Waals surface area contributed by atoms with Crippen LogP contribution in [0.5, 0.6) is 0 Å². The van der Waals surface area contributed by atoms with Gasteiger partial charge in [-0.15, -0.1) is 6.58 Å². The van der Waals surface area contributed by atoms with Gasteiger partial charge in [0.1, 0.15) is 6.04 Å². The minimum atomic E-state index is -0.453. The topological polar surface area (TPSA) is 49.4 Å². The summed E-state index contributed by atoms with van der Waals surface area (Å²) in [7, 11) is 1.80. The van der Waals surface area contributed by atoms with E-state index in [2.05, 4.69) is 11.9 Å². The minimum absolute atomic E-state index is 0.00368. The van der Waals surface area contributed by atoms with E-state index in [-0.39, 0.29) is 17.9 Å². The number of hydrogen-bond donors (Lipinski definition) is 1. The molecule has 0 aliphatic heterocycles. The Bertz CT molecular complexity index is 650. The molecule has 0 bridgehead atoms. The Morgan fingerprint density at radius 3 is 2.35 bits per heavy atom. The molecule has 1 aliphatic carbocycles. The maximum absolute atomic E-state index is 13.2. The zero-order chi connectivity index (χ0) is 22.3. The lowest BCUT2D eigenvalue weighted by Gasteiger charge is -2.29. The summed E-state index contributed by atoms with van der Waals surface area (Å²) in [6.07, 6.45) is 16.5. The molecule has 1 fully saturated rings. The van der Waals surface area contributed by atoms with Crippen molar-refractivity contribution in [2.75, 3.05) is 7.05 Å². The monoisotopic (exact) mass is 426 g/mol. The molecule has 0 aromatic heterocycles. The van der Waals surface area contributed by atoms with Crippen molar-refractivity contribution >= 4 is 11.8 Å². The van der Waals surface area contributed by atoms with E-state index in [1.165, 1.54) is 38.5 Å². The highest BCUT2D eigenvalue weighted by atomic mass is 16.2. The van der Waals surface area contributed by atoms with Crippen LogP contribution in [0.2, 0.25) is 0 Å². The van der Waals surface area contributed by atoms with Gasteiger partial charge < -0.3 is 10.2 Å². The van der Waals surface area contributed by atoms with Crippen molar-refractivity contribution in [2.24, 2.45) is 0 Å². The molecule has 4 heteroatoms. The van der Waals surface area contributed by atoms with E-state index < -0.39 is 6.04 Å². The second-order valence-corrected chi connectivity index (χ2v) is 9.00. The number of nitrogens with one attached hydrogen (secondary N) is 1. The van der Waals surface area contributed by atoms with Gasteiger partial charge in [-0.3, -0.25) is 9.59 Å². The Morgan fingerprint density at radius 2 is 1.68 bits per heavy atom. The Hall–Kier alpha value is -2.10. The third-order valence-electron chi connectivity index (χ3n) is 6.44. The van der Waals surface area contributed by atoms with Crippen LogP contribution in [0.15, 0.2) is 43.0 Å². The number of carbonyl (C=O) groups excluding carboxylic acids is 2. The molecule has 31 heavy (non-hydrogen) atoms. The maximum atomic E-state index is 13.2. The summed E-state index contributed by atoms with van der Waals surface area (Å²) >= 11 is 0. The molecular formula is C27H42N2O2. The molecule has 0 heterocycles. The standard InChI is InChI=1S/C27H42N2O2/c1-3-4-5-6-7-8-16-21-26(30)29(2)25(22-23-17-12-11-13-18-23)27(31)28-24-19-14-9-10-15-20-24/h3,11-13,17-18,24-25H,1,4-10,14-16,19-22H2,2H3,(H,28,31)/t25-/m1/s1. The lowest BCUT2D eigenvalue weighted by atomic mass is 10.0. The molecule has 4 nitrogen and oxygen atoms in total. The Kier molecular flexibility index (Phi) is 12.0. The highest BCUT2D eigenvalue weighted by Gasteiger charge is 2.28. The third-order valence-corrected chi connectivity index (χ3v) is 6.44. The summed E-state index contributed by atoms with van der Waals surface area (Å²) in [5, 5.41) is 3.27. The summed E-state index contributed by atoms with van der Waals surface area (Å²) in [5.74, 6) is 0.0686. The summed E-state index contributed by atoms with van der Waals surface area (Å²) in [5.41, 5.74) is 1.09. The van der Waals surface area contributed by atoms with Crippen LogP contribution in [0.1, 0.15) is 89.0 Å². The summed E-state index contributed by atoms with van der Waals surface area (Å²) in [4.78, 5) is 27.8. The number of amides is 2. The molecule has 2 amide bonds. The highest BCUT2D eigenvalue weighted by molar-refractivity contribution is 5.88. The number of rotatable bonds is 13. The smallest absolute Gasteiger partial charge is 0.243 e. The van der Waals surface area contributed by atoms with E-state index in [4.69, 9.17) is 0 Å². The van der Waals surface area contributed by atoms with Gasteiger partial charge in [0.25, 0.3) is 0 Å². The molecular weight excluding hydrogens is 384 g/mol. The van der Waals surface area contributed by atoms with E-state index in [0.29, 0.717) is 12.8 Å². The number of hydrogen-bond acceptors (Lipinski definition) is 2. The first kappa shape index (κ1) is 25.2. The maximum Gasteiger partial charge on any atom is 0.243 e. The van der Waals surface area contributed by atoms with Crippen molar-refractivity contribution in [3.63, 3.8) is 0 Å². The van der Waals surface area contributed by atoms with E-state index in [0.717, 1.165) is 44.1 Å². The van der Waals surface area contributed by atoms with Crippen LogP contribution in [0.4, 0.5) is 0 Å². The predicted molar refractivity (Wildman–Crippen MR) is 129 cm³/mol. The van der Waals surface area contributed by atoms with Gasteiger partial charge >= 0.3 is 0 Å². The largest absolute Gasteiger partial charge is 0.352 e. The predicted octanol–water partition coefficient (Wildman–Crippen LogP) is 5.81. The van der Waals surface area contributed by atoms with E-state index >= 15 is 0 Å². The van der Waals surface area contributed by atoms with Gasteiger partial charge in [-0.2, -0.15) is 0 Å². The van der Waals surface area contributed by atoms with Gasteiger partial charge in [0.15, 0.2) is 0 Å². The zero-order valence-corrected chi connectivity index (χ0v) is 19.5. The number of likely N-dealkylation sites (N-methyl/N-ethyl adjacent to an activating group) is 1. The molecule has 0 saturated heterocycles. The van der Waals surface area contributed by atoms with Crippen molar-refractivity contribution in [1.29, 1.82) is 0 Å². The fourth-order valence-electron chi connectivity index (χ4n) is 4.41. The lowest BCUT2D eigenvalue weighted by Crippen LogP contribution is -2.51. The second kappa shape index (κ2) is 14.8. The molecule has 1 atom stereocenters. The average molecular weight is 427 g/mol. The Balaban J connectivity index is 1.91. The van der Waals surface area contributed by atoms with Crippen LogP contribution in [0, 0.1) is 0 Å². The lowest BCUT2D eigenvalue weighted by molar-refractivity contribution is -0.139. The van der Waals surface area contributed by atoms with E-state index in [1.54, 1.807) is 11.9 Å². The number of carbonyl (C=O) groups is 2. The van der Waals surface area contributed by atoms with E-state index in [1.807, 2.05) is 36.4 Å².